The van der Waals surface area contributed by atoms with Crippen LogP contribution in [-0.2, 0) is 17.4 Å². The van der Waals surface area contributed by atoms with Gasteiger partial charge in [-0.05, 0) is 61.8 Å². The fourth-order valence-electron chi connectivity index (χ4n) is 5.26. The number of carbonyl (C=O) groups excluding carboxylic acids is 1. The predicted molar refractivity (Wildman–Crippen MR) is 156 cm³/mol. The number of likely N-dealkylation sites (tertiary alicyclic amines) is 1. The first-order valence-electron chi connectivity index (χ1n) is 14.0. The molecule has 0 bridgehead atoms. The van der Waals surface area contributed by atoms with Crippen LogP contribution in [0.5, 0.6) is 11.5 Å². The minimum Gasteiger partial charge on any atom is -0.493 e. The van der Waals surface area contributed by atoms with Crippen molar-refractivity contribution in [2.45, 2.75) is 32.4 Å². The molecule has 4 aromatic rings. The van der Waals surface area contributed by atoms with Gasteiger partial charge in [0.05, 0.1) is 36.9 Å². The van der Waals surface area contributed by atoms with Crippen LogP contribution in [0.25, 0.3) is 22.2 Å². The number of hydrogen-bond donors (Lipinski definition) is 1. The number of nitrogens with one attached hydrogen (secondary N) is 1. The summed E-state index contributed by atoms with van der Waals surface area (Å²) in [6.45, 7) is 6.02. The number of halogens is 3. The maximum Gasteiger partial charge on any atom is 0.416 e. The Morgan fingerprint density at radius 1 is 1.05 bits per heavy atom. The maximum absolute atomic E-state index is 12.8. The average molecular weight is 579 g/mol. The summed E-state index contributed by atoms with van der Waals surface area (Å²) in [5.74, 6) is 1.39. The number of aromatic nitrogens is 2. The third-order valence-corrected chi connectivity index (χ3v) is 7.53. The Morgan fingerprint density at radius 2 is 1.81 bits per heavy atom. The van der Waals surface area contributed by atoms with Gasteiger partial charge in [-0.15, -0.1) is 0 Å². The van der Waals surface area contributed by atoms with Crippen molar-refractivity contribution in [1.29, 1.82) is 0 Å². The van der Waals surface area contributed by atoms with Crippen LogP contribution >= 0.6 is 0 Å². The molecule has 1 N–H and O–H groups in total. The van der Waals surface area contributed by atoms with Crippen LogP contribution in [0, 0.1) is 5.92 Å². The zero-order chi connectivity index (χ0) is 29.7. The first-order valence-corrected chi connectivity index (χ1v) is 14.0. The van der Waals surface area contributed by atoms with Gasteiger partial charge >= 0.3 is 6.18 Å². The van der Waals surface area contributed by atoms with Crippen molar-refractivity contribution in [2.24, 2.45) is 5.92 Å². The van der Waals surface area contributed by atoms with Gasteiger partial charge in [0.1, 0.15) is 6.33 Å². The summed E-state index contributed by atoms with van der Waals surface area (Å²) >= 11 is 0. The molecule has 0 radical (unpaired) electrons. The fraction of sp³-hybridized carbons (Fsp3) is 0.344. The van der Waals surface area contributed by atoms with Crippen molar-refractivity contribution < 1.29 is 27.4 Å². The number of hydrogen-bond acceptors (Lipinski definition) is 6. The summed E-state index contributed by atoms with van der Waals surface area (Å²) in [7, 11) is 1.61. The van der Waals surface area contributed by atoms with Gasteiger partial charge in [-0.1, -0.05) is 31.2 Å². The molecular weight excluding hydrogens is 545 g/mol. The number of ether oxygens (including phenoxy) is 2. The van der Waals surface area contributed by atoms with Crippen molar-refractivity contribution in [3.8, 4) is 22.8 Å². The smallest absolute Gasteiger partial charge is 0.416 e. The standard InChI is InChI=1S/C32H33F3N4O3/c1-3-39-14-4-5-22(18-39)19-42-29-17-27-26(16-28(29)41-2)31(37-20-36-27)23-8-12-25(13-9-23)38-30(40)15-21-6-10-24(11-7-21)32(33,34)35/h6-13,16-17,20,22H,3-5,14-15,18-19H2,1-2H3,(H,38,40)/t22-/m1/s1. The Labute approximate surface area is 242 Å². The summed E-state index contributed by atoms with van der Waals surface area (Å²) in [5, 5.41) is 3.59. The Bertz CT molecular complexity index is 1530. The van der Waals surface area contributed by atoms with Crippen LogP contribution in [0.4, 0.5) is 18.9 Å². The van der Waals surface area contributed by atoms with Crippen LogP contribution < -0.4 is 14.8 Å². The van der Waals surface area contributed by atoms with E-state index in [1.165, 1.54) is 24.9 Å². The van der Waals surface area contributed by atoms with E-state index in [1.807, 2.05) is 24.3 Å². The van der Waals surface area contributed by atoms with Gasteiger partial charge in [0, 0.05) is 35.2 Å². The largest absolute Gasteiger partial charge is 0.493 e. The van der Waals surface area contributed by atoms with Crippen molar-refractivity contribution in [2.75, 3.05) is 38.7 Å². The molecule has 0 spiro atoms. The van der Waals surface area contributed by atoms with Crippen LogP contribution in [0.3, 0.4) is 0 Å². The maximum atomic E-state index is 12.8. The molecule has 1 aliphatic heterocycles. The van der Waals surface area contributed by atoms with Gasteiger partial charge in [-0.2, -0.15) is 13.2 Å². The van der Waals surface area contributed by atoms with Crippen molar-refractivity contribution in [3.63, 3.8) is 0 Å². The Hall–Kier alpha value is -4.18. The Kier molecular flexibility index (Phi) is 8.91. The normalized spacial score (nSPS) is 15.9. The fourth-order valence-corrected chi connectivity index (χ4v) is 5.26. The van der Waals surface area contributed by atoms with E-state index in [0.29, 0.717) is 41.0 Å². The predicted octanol–water partition coefficient (Wildman–Crippen LogP) is 6.62. The number of nitrogens with zero attached hydrogens (tertiary/aromatic N) is 3. The first kappa shape index (κ1) is 29.3. The minimum atomic E-state index is -4.41. The average Bonchev–Trinajstić information content (AvgIpc) is 2.99. The lowest BCUT2D eigenvalue weighted by molar-refractivity contribution is -0.137. The molecule has 10 heteroatoms. The zero-order valence-corrected chi connectivity index (χ0v) is 23.6. The molecule has 7 nitrogen and oxygen atoms in total. The Balaban J connectivity index is 1.27. The van der Waals surface area contributed by atoms with Gasteiger partial charge in [0.2, 0.25) is 5.91 Å². The summed E-state index contributed by atoms with van der Waals surface area (Å²) in [5.41, 5.74) is 2.56. The molecule has 1 fully saturated rings. The monoisotopic (exact) mass is 578 g/mol. The summed E-state index contributed by atoms with van der Waals surface area (Å²) in [6.07, 6.45) is -0.629. The molecule has 1 saturated heterocycles. The molecule has 2 heterocycles. The number of carbonyl (C=O) groups is 1. The molecular formula is C32H33F3N4O3. The second kappa shape index (κ2) is 12.8. The number of piperidine rings is 1. The second-order valence-corrected chi connectivity index (χ2v) is 10.5. The zero-order valence-electron chi connectivity index (χ0n) is 23.6. The van der Waals surface area contributed by atoms with Crippen molar-refractivity contribution >= 4 is 22.5 Å². The third-order valence-electron chi connectivity index (χ3n) is 7.53. The third kappa shape index (κ3) is 6.99. The number of fused-ring (bicyclic) bond motifs is 1. The van der Waals surface area contributed by atoms with Crippen LogP contribution in [0.1, 0.15) is 30.9 Å². The number of rotatable bonds is 9. The highest BCUT2D eigenvalue weighted by atomic mass is 19.4. The molecule has 0 aliphatic carbocycles. The topological polar surface area (TPSA) is 76.6 Å². The minimum absolute atomic E-state index is 0.0434. The molecule has 5 rings (SSSR count). The molecule has 3 aromatic carbocycles. The summed E-state index contributed by atoms with van der Waals surface area (Å²) < 4.78 is 50.2. The molecule has 1 aliphatic rings. The van der Waals surface area contributed by atoms with Gasteiger partial charge in [0.15, 0.2) is 11.5 Å². The van der Waals surface area contributed by atoms with Gasteiger partial charge < -0.3 is 19.7 Å². The summed E-state index contributed by atoms with van der Waals surface area (Å²) in [6, 6.07) is 15.5. The van der Waals surface area contributed by atoms with Gasteiger partial charge in [-0.25, -0.2) is 9.97 Å². The summed E-state index contributed by atoms with van der Waals surface area (Å²) in [4.78, 5) is 23.9. The van der Waals surface area contributed by atoms with Crippen molar-refractivity contribution in [1.82, 2.24) is 14.9 Å². The Morgan fingerprint density at radius 3 is 2.50 bits per heavy atom. The highest BCUT2D eigenvalue weighted by molar-refractivity contribution is 5.95. The quantitative estimate of drug-likeness (QED) is 0.241. The lowest BCUT2D eigenvalue weighted by Gasteiger charge is -2.31. The number of anilines is 1. The van der Waals surface area contributed by atoms with Gasteiger partial charge in [0.25, 0.3) is 0 Å². The van der Waals surface area contributed by atoms with E-state index >= 15 is 0 Å². The molecule has 1 aromatic heterocycles. The number of methoxy groups -OCH3 is 1. The van der Waals surface area contributed by atoms with E-state index in [0.717, 1.165) is 54.7 Å². The van der Waals surface area contributed by atoms with E-state index in [9.17, 15) is 18.0 Å². The lowest BCUT2D eigenvalue weighted by Crippen LogP contribution is -2.37. The molecule has 220 valence electrons. The van der Waals surface area contributed by atoms with Crippen LogP contribution in [-0.4, -0.2) is 54.1 Å². The molecule has 0 unspecified atom stereocenters. The second-order valence-electron chi connectivity index (χ2n) is 10.5. The highest BCUT2D eigenvalue weighted by Gasteiger charge is 2.30. The highest BCUT2D eigenvalue weighted by Crippen LogP contribution is 2.36. The van der Waals surface area contributed by atoms with Gasteiger partial charge in [-0.3, -0.25) is 4.79 Å². The van der Waals surface area contributed by atoms with Crippen LogP contribution in [0.15, 0.2) is 67.0 Å². The first-order chi connectivity index (χ1) is 20.2. The van der Waals surface area contributed by atoms with E-state index < -0.39 is 11.7 Å². The number of benzene rings is 3. The van der Waals surface area contributed by atoms with E-state index in [2.05, 4.69) is 27.1 Å². The van der Waals surface area contributed by atoms with E-state index in [4.69, 9.17) is 9.47 Å². The lowest BCUT2D eigenvalue weighted by atomic mass is 9.99. The van der Waals surface area contributed by atoms with E-state index in [1.54, 1.807) is 19.2 Å². The molecule has 42 heavy (non-hydrogen) atoms. The molecule has 1 amide bonds. The van der Waals surface area contributed by atoms with Crippen LogP contribution in [0.2, 0.25) is 0 Å². The number of amides is 1. The van der Waals surface area contributed by atoms with E-state index in [-0.39, 0.29) is 12.3 Å². The SMILES string of the molecule is CCN1CCC[C@@H](COc2cc3ncnc(-c4ccc(NC(=O)Cc5ccc(C(F)(F)F)cc5)cc4)c3cc2OC)C1. The molecule has 0 saturated carbocycles. The molecule has 1 atom stereocenters. The number of alkyl halides is 3. The van der Waals surface area contributed by atoms with Crippen molar-refractivity contribution in [3.05, 3.63) is 78.1 Å².